The molecule has 0 saturated carbocycles. The van der Waals surface area contributed by atoms with Crippen LogP contribution in [0.5, 0.6) is 5.75 Å². The number of phenolic OH excluding ortho intramolecular Hbond substituents is 1. The van der Waals surface area contributed by atoms with Gasteiger partial charge in [-0.15, -0.1) is 11.3 Å². The molecule has 0 saturated heterocycles. The van der Waals surface area contributed by atoms with Crippen LogP contribution in [-0.2, 0) is 0 Å². The van der Waals surface area contributed by atoms with E-state index in [-0.39, 0.29) is 15.8 Å². The summed E-state index contributed by atoms with van der Waals surface area (Å²) in [6.07, 6.45) is 0. The van der Waals surface area contributed by atoms with Crippen molar-refractivity contribution in [2.45, 2.75) is 0 Å². The molecule has 2 aromatic rings. The minimum Gasteiger partial charge on any atom is -0.506 e. The highest BCUT2D eigenvalue weighted by atomic mass is 35.5. The molecule has 0 spiro atoms. The Kier molecular flexibility index (Phi) is 3.57. The molecule has 0 unspecified atom stereocenters. The van der Waals surface area contributed by atoms with Crippen LogP contribution in [0.2, 0.25) is 10.0 Å². The fourth-order valence-corrected chi connectivity index (χ4v) is 2.51. The van der Waals surface area contributed by atoms with Gasteiger partial charge in [0.25, 0.3) is 0 Å². The summed E-state index contributed by atoms with van der Waals surface area (Å²) in [6, 6.07) is 6.60. The van der Waals surface area contributed by atoms with Crippen molar-refractivity contribution in [1.29, 1.82) is 0 Å². The highest BCUT2D eigenvalue weighted by Crippen LogP contribution is 2.35. The topological polar surface area (TPSA) is 52.8 Å². The molecule has 0 atom stereocenters. The third-order valence-electron chi connectivity index (χ3n) is 2.17. The first-order chi connectivity index (χ1) is 8.15. The molecule has 2 rings (SSSR count). The van der Waals surface area contributed by atoms with Crippen LogP contribution in [0.4, 0.5) is 0 Å². The fraction of sp³-hybridized carbons (Fsp3) is 0. The van der Waals surface area contributed by atoms with E-state index in [1.54, 1.807) is 12.1 Å². The summed E-state index contributed by atoms with van der Waals surface area (Å²) in [5.74, 6) is -0.108. The van der Waals surface area contributed by atoms with Crippen molar-refractivity contribution in [3.05, 3.63) is 50.1 Å². The summed E-state index contributed by atoms with van der Waals surface area (Å²) >= 11 is 13.3. The van der Waals surface area contributed by atoms with Gasteiger partial charge < -0.3 is 10.3 Å². The predicted octanol–water partition coefficient (Wildman–Crippen LogP) is 3.99. The Morgan fingerprint density at radius 1 is 1.18 bits per heavy atom. The molecule has 1 aromatic heterocycles. The zero-order valence-corrected chi connectivity index (χ0v) is 10.7. The predicted molar refractivity (Wildman–Crippen MR) is 69.9 cm³/mol. The van der Waals surface area contributed by atoms with E-state index in [1.165, 1.54) is 17.4 Å². The molecule has 1 aromatic carbocycles. The minimum absolute atomic E-state index is 0.0434. The van der Waals surface area contributed by atoms with Gasteiger partial charge in [0.2, 0.25) is 0 Å². The normalized spacial score (nSPS) is 11.8. The van der Waals surface area contributed by atoms with Crippen molar-refractivity contribution in [3.8, 4) is 5.75 Å². The molecule has 0 bridgehead atoms. The Bertz CT molecular complexity index is 567. The summed E-state index contributed by atoms with van der Waals surface area (Å²) in [7, 11) is 0. The smallest absolute Gasteiger partial charge is 0.135 e. The lowest BCUT2D eigenvalue weighted by molar-refractivity contribution is 0.320. The van der Waals surface area contributed by atoms with Crippen LogP contribution < -0.4 is 0 Å². The van der Waals surface area contributed by atoms with E-state index in [2.05, 4.69) is 5.16 Å². The molecular formula is C11H7Cl2NO2S. The lowest BCUT2D eigenvalue weighted by Gasteiger charge is -2.07. The number of hydrogen-bond acceptors (Lipinski definition) is 4. The molecular weight excluding hydrogens is 281 g/mol. The lowest BCUT2D eigenvalue weighted by Crippen LogP contribution is -2.02. The van der Waals surface area contributed by atoms with Gasteiger partial charge in [-0.2, -0.15) is 0 Å². The SMILES string of the molecule is ON=C(c1cccs1)c1ccc(O)c(Cl)c1Cl. The number of nitrogens with zero attached hydrogens (tertiary/aromatic N) is 1. The number of benzene rings is 1. The second kappa shape index (κ2) is 4.96. The quantitative estimate of drug-likeness (QED) is 0.499. The van der Waals surface area contributed by atoms with E-state index >= 15 is 0 Å². The number of halogens is 2. The number of oxime groups is 1. The maximum absolute atomic E-state index is 9.39. The Morgan fingerprint density at radius 2 is 1.94 bits per heavy atom. The molecule has 0 aliphatic carbocycles. The Labute approximate surface area is 112 Å². The highest BCUT2D eigenvalue weighted by molar-refractivity contribution is 7.12. The van der Waals surface area contributed by atoms with Crippen LogP contribution in [0.1, 0.15) is 10.4 Å². The Morgan fingerprint density at radius 3 is 2.53 bits per heavy atom. The third-order valence-corrected chi connectivity index (χ3v) is 3.92. The fourth-order valence-electron chi connectivity index (χ4n) is 1.37. The van der Waals surface area contributed by atoms with Crippen LogP contribution >= 0.6 is 34.5 Å². The zero-order valence-electron chi connectivity index (χ0n) is 8.39. The average Bonchev–Trinajstić information content (AvgIpc) is 2.84. The van der Waals surface area contributed by atoms with Gasteiger partial charge in [0.05, 0.1) is 9.90 Å². The molecule has 88 valence electrons. The summed E-state index contributed by atoms with van der Waals surface area (Å²) in [4.78, 5) is 0.760. The first-order valence-corrected chi connectivity index (χ1v) is 6.22. The van der Waals surface area contributed by atoms with Crippen LogP contribution in [0.3, 0.4) is 0 Å². The van der Waals surface area contributed by atoms with Crippen LogP contribution in [0.25, 0.3) is 0 Å². The van der Waals surface area contributed by atoms with E-state index in [9.17, 15) is 5.11 Å². The number of thiophene rings is 1. The van der Waals surface area contributed by atoms with Crippen LogP contribution in [0.15, 0.2) is 34.8 Å². The first-order valence-electron chi connectivity index (χ1n) is 4.58. The van der Waals surface area contributed by atoms with Gasteiger partial charge in [0.15, 0.2) is 0 Å². The maximum atomic E-state index is 9.39. The van der Waals surface area contributed by atoms with Gasteiger partial charge in [0.1, 0.15) is 16.5 Å². The second-order valence-corrected chi connectivity index (χ2v) is 4.89. The minimum atomic E-state index is -0.108. The van der Waals surface area contributed by atoms with Gasteiger partial charge in [0, 0.05) is 5.56 Å². The van der Waals surface area contributed by atoms with Gasteiger partial charge >= 0.3 is 0 Å². The van der Waals surface area contributed by atoms with Crippen molar-refractivity contribution in [2.75, 3.05) is 0 Å². The largest absolute Gasteiger partial charge is 0.506 e. The summed E-state index contributed by atoms with van der Waals surface area (Å²) < 4.78 is 0. The Hall–Kier alpha value is -1.23. The Balaban J connectivity index is 2.58. The summed E-state index contributed by atoms with van der Waals surface area (Å²) in [6.45, 7) is 0. The number of rotatable bonds is 2. The summed E-state index contributed by atoms with van der Waals surface area (Å²) in [5.41, 5.74) is 0.798. The monoisotopic (exact) mass is 287 g/mol. The number of phenols is 1. The maximum Gasteiger partial charge on any atom is 0.135 e. The van der Waals surface area contributed by atoms with Crippen LogP contribution in [-0.4, -0.2) is 16.0 Å². The molecule has 0 radical (unpaired) electrons. The molecule has 2 N–H and O–H groups in total. The molecule has 6 heteroatoms. The van der Waals surface area contributed by atoms with E-state index in [4.69, 9.17) is 28.4 Å². The standard InChI is InChI=1S/C11H7Cl2NO2S/c12-9-6(3-4-7(15)10(9)13)11(14-16)8-2-1-5-17-8/h1-5,15-16H. The molecule has 3 nitrogen and oxygen atoms in total. The van der Waals surface area contributed by atoms with Gasteiger partial charge in [-0.3, -0.25) is 0 Å². The third kappa shape index (κ3) is 2.24. The zero-order chi connectivity index (χ0) is 12.4. The van der Waals surface area contributed by atoms with E-state index in [0.717, 1.165) is 4.88 Å². The van der Waals surface area contributed by atoms with E-state index in [0.29, 0.717) is 11.3 Å². The molecule has 17 heavy (non-hydrogen) atoms. The van der Waals surface area contributed by atoms with Crippen molar-refractivity contribution in [2.24, 2.45) is 5.16 Å². The number of hydrogen-bond donors (Lipinski definition) is 2. The van der Waals surface area contributed by atoms with Crippen molar-refractivity contribution in [1.82, 2.24) is 0 Å². The number of aromatic hydroxyl groups is 1. The second-order valence-electron chi connectivity index (χ2n) is 3.19. The van der Waals surface area contributed by atoms with E-state index < -0.39 is 0 Å². The first kappa shape index (κ1) is 12.2. The van der Waals surface area contributed by atoms with Crippen molar-refractivity contribution < 1.29 is 10.3 Å². The van der Waals surface area contributed by atoms with Crippen molar-refractivity contribution >= 4 is 40.3 Å². The van der Waals surface area contributed by atoms with Gasteiger partial charge in [-0.25, -0.2) is 0 Å². The lowest BCUT2D eigenvalue weighted by atomic mass is 10.1. The van der Waals surface area contributed by atoms with Gasteiger partial charge in [-0.1, -0.05) is 34.4 Å². The molecule has 0 aliphatic rings. The summed E-state index contributed by atoms with van der Waals surface area (Å²) in [5, 5.41) is 23.8. The molecule has 0 fully saturated rings. The average molecular weight is 288 g/mol. The molecule has 0 amide bonds. The highest BCUT2D eigenvalue weighted by Gasteiger charge is 2.16. The van der Waals surface area contributed by atoms with Gasteiger partial charge in [-0.05, 0) is 23.6 Å². The van der Waals surface area contributed by atoms with Crippen LogP contribution in [0, 0.1) is 0 Å². The van der Waals surface area contributed by atoms with Crippen molar-refractivity contribution in [3.63, 3.8) is 0 Å². The molecule has 1 heterocycles. The van der Waals surface area contributed by atoms with E-state index in [1.807, 2.05) is 11.4 Å². The molecule has 0 aliphatic heterocycles.